The number of nitro groups is 1. The quantitative estimate of drug-likeness (QED) is 0.416. The van der Waals surface area contributed by atoms with Crippen LogP contribution in [0.25, 0.3) is 0 Å². The van der Waals surface area contributed by atoms with Crippen LogP contribution in [0.5, 0.6) is 0 Å². The maximum atomic E-state index is 10.5. The fourth-order valence-corrected chi connectivity index (χ4v) is 1.57. The molecule has 6 heteroatoms. The van der Waals surface area contributed by atoms with Crippen molar-refractivity contribution in [2.45, 2.75) is 6.92 Å². The molecule has 0 bridgehead atoms. The monoisotopic (exact) mass is 213 g/mol. The SMILES string of the molecule is Cc1cccc([N+](=O)[O-])c1C=S(=O)=O. The van der Waals surface area contributed by atoms with E-state index in [9.17, 15) is 18.5 Å². The van der Waals surface area contributed by atoms with Gasteiger partial charge in [-0.15, -0.1) is 0 Å². The number of nitro benzene ring substituents is 1. The predicted molar refractivity (Wildman–Crippen MR) is 51.9 cm³/mol. The minimum atomic E-state index is -2.43. The molecule has 0 aliphatic carbocycles. The number of rotatable bonds is 2. The van der Waals surface area contributed by atoms with Crippen molar-refractivity contribution in [1.29, 1.82) is 0 Å². The molecule has 0 unspecified atom stereocenters. The van der Waals surface area contributed by atoms with E-state index in [0.717, 1.165) is 5.37 Å². The minimum Gasteiger partial charge on any atom is -0.258 e. The Labute approximate surface area is 81.7 Å². The van der Waals surface area contributed by atoms with Crippen LogP contribution in [0.15, 0.2) is 18.2 Å². The lowest BCUT2D eigenvalue weighted by Crippen LogP contribution is -1.97. The van der Waals surface area contributed by atoms with Gasteiger partial charge in [-0.25, -0.2) is 0 Å². The van der Waals surface area contributed by atoms with Crippen LogP contribution in [-0.2, 0) is 10.3 Å². The average molecular weight is 213 g/mol. The van der Waals surface area contributed by atoms with Gasteiger partial charge in [-0.3, -0.25) is 10.1 Å². The van der Waals surface area contributed by atoms with E-state index in [-0.39, 0.29) is 11.3 Å². The zero-order valence-corrected chi connectivity index (χ0v) is 8.11. The zero-order chi connectivity index (χ0) is 10.7. The molecule has 0 aliphatic rings. The summed E-state index contributed by atoms with van der Waals surface area (Å²) in [4.78, 5) is 9.93. The lowest BCUT2D eigenvalue weighted by Gasteiger charge is -1.98. The van der Waals surface area contributed by atoms with Gasteiger partial charge in [0.2, 0.25) is 10.3 Å². The van der Waals surface area contributed by atoms with E-state index in [0.29, 0.717) is 5.56 Å². The second kappa shape index (κ2) is 4.01. The van der Waals surface area contributed by atoms with Gasteiger partial charge in [0.25, 0.3) is 5.69 Å². The molecule has 0 heterocycles. The Morgan fingerprint density at radius 2 is 2.07 bits per heavy atom. The van der Waals surface area contributed by atoms with Gasteiger partial charge < -0.3 is 0 Å². The molecule has 0 spiro atoms. The number of aryl methyl sites for hydroxylation is 1. The second-order valence-electron chi connectivity index (χ2n) is 2.64. The number of benzene rings is 1. The molecule has 0 saturated carbocycles. The highest BCUT2D eigenvalue weighted by atomic mass is 32.2. The Hall–Kier alpha value is -1.69. The van der Waals surface area contributed by atoms with Crippen LogP contribution in [0, 0.1) is 17.0 Å². The Bertz CT molecular complexity index is 496. The van der Waals surface area contributed by atoms with Gasteiger partial charge >= 0.3 is 0 Å². The first-order valence-corrected chi connectivity index (χ1v) is 4.83. The maximum absolute atomic E-state index is 10.5. The first kappa shape index (κ1) is 10.4. The lowest BCUT2D eigenvalue weighted by atomic mass is 10.1. The molecular weight excluding hydrogens is 206 g/mol. The van der Waals surface area contributed by atoms with Crippen LogP contribution in [0.1, 0.15) is 11.1 Å². The molecule has 0 amide bonds. The summed E-state index contributed by atoms with van der Waals surface area (Å²) in [6.45, 7) is 1.62. The third-order valence-corrected chi connectivity index (χ3v) is 2.14. The van der Waals surface area contributed by atoms with Crippen LogP contribution in [0.3, 0.4) is 0 Å². The van der Waals surface area contributed by atoms with Gasteiger partial charge in [0, 0.05) is 6.07 Å². The third kappa shape index (κ3) is 2.17. The summed E-state index contributed by atoms with van der Waals surface area (Å²) in [5.41, 5.74) is 0.489. The minimum absolute atomic E-state index is 0.130. The molecule has 1 aromatic carbocycles. The first-order valence-electron chi connectivity index (χ1n) is 3.69. The van der Waals surface area contributed by atoms with Crippen molar-refractivity contribution in [3.63, 3.8) is 0 Å². The highest BCUT2D eigenvalue weighted by molar-refractivity contribution is 7.71. The van der Waals surface area contributed by atoms with Crippen LogP contribution in [0.2, 0.25) is 0 Å². The van der Waals surface area contributed by atoms with E-state index in [1.165, 1.54) is 12.1 Å². The van der Waals surface area contributed by atoms with Crippen molar-refractivity contribution in [3.05, 3.63) is 39.4 Å². The Morgan fingerprint density at radius 1 is 1.43 bits per heavy atom. The Kier molecular flexibility index (Phi) is 2.98. The molecule has 5 nitrogen and oxygen atoms in total. The van der Waals surface area contributed by atoms with E-state index in [4.69, 9.17) is 0 Å². The standard InChI is InChI=1S/C8H7NO4S/c1-6-3-2-4-8(9(10)11)7(6)5-14(12)13/h2-5H,1H3. The van der Waals surface area contributed by atoms with E-state index in [1.54, 1.807) is 13.0 Å². The smallest absolute Gasteiger partial charge is 0.258 e. The lowest BCUT2D eigenvalue weighted by molar-refractivity contribution is -0.385. The van der Waals surface area contributed by atoms with Crippen LogP contribution < -0.4 is 0 Å². The van der Waals surface area contributed by atoms with Crippen molar-refractivity contribution in [2.24, 2.45) is 0 Å². The van der Waals surface area contributed by atoms with Gasteiger partial charge in [0.15, 0.2) is 0 Å². The summed E-state index contributed by atoms with van der Waals surface area (Å²) in [6, 6.07) is 4.40. The molecule has 0 atom stereocenters. The summed E-state index contributed by atoms with van der Waals surface area (Å²) >= 11 is 0. The predicted octanol–water partition coefficient (Wildman–Crippen LogP) is 0.933. The van der Waals surface area contributed by atoms with Crippen LogP contribution >= 0.6 is 0 Å². The molecular formula is C8H7NO4S. The fraction of sp³-hybridized carbons (Fsp3) is 0.125. The highest BCUT2D eigenvalue weighted by Crippen LogP contribution is 2.19. The molecule has 14 heavy (non-hydrogen) atoms. The molecule has 0 aliphatic heterocycles. The van der Waals surface area contributed by atoms with Crippen molar-refractivity contribution in [1.82, 2.24) is 0 Å². The van der Waals surface area contributed by atoms with E-state index in [1.807, 2.05) is 0 Å². The van der Waals surface area contributed by atoms with Gasteiger partial charge in [0.1, 0.15) is 0 Å². The molecule has 0 N–H and O–H groups in total. The Balaban J connectivity index is 3.52. The molecule has 0 radical (unpaired) electrons. The summed E-state index contributed by atoms with van der Waals surface area (Å²) < 4.78 is 20.8. The fourth-order valence-electron chi connectivity index (χ4n) is 1.07. The van der Waals surface area contributed by atoms with Gasteiger partial charge in [-0.05, 0) is 12.5 Å². The van der Waals surface area contributed by atoms with Crippen molar-refractivity contribution in [2.75, 3.05) is 0 Å². The first-order chi connectivity index (χ1) is 6.52. The van der Waals surface area contributed by atoms with E-state index < -0.39 is 15.2 Å². The highest BCUT2D eigenvalue weighted by Gasteiger charge is 2.13. The molecule has 74 valence electrons. The normalized spacial score (nSPS) is 9.50. The number of hydrogen-bond acceptors (Lipinski definition) is 4. The largest absolute Gasteiger partial charge is 0.277 e. The van der Waals surface area contributed by atoms with Gasteiger partial charge in [-0.1, -0.05) is 12.1 Å². The molecule has 0 aromatic heterocycles. The number of hydrogen-bond donors (Lipinski definition) is 0. The molecule has 1 aromatic rings. The topological polar surface area (TPSA) is 77.3 Å². The average Bonchev–Trinajstić information content (AvgIpc) is 2.07. The zero-order valence-electron chi connectivity index (χ0n) is 7.30. The Morgan fingerprint density at radius 3 is 2.57 bits per heavy atom. The molecule has 1 rings (SSSR count). The summed E-state index contributed by atoms with van der Waals surface area (Å²) in [5.74, 6) is 0. The summed E-state index contributed by atoms with van der Waals surface area (Å²) in [6.07, 6.45) is 0. The molecule has 0 saturated heterocycles. The molecule has 0 fully saturated rings. The van der Waals surface area contributed by atoms with Gasteiger partial charge in [-0.2, -0.15) is 8.42 Å². The second-order valence-corrected chi connectivity index (χ2v) is 3.40. The van der Waals surface area contributed by atoms with Crippen LogP contribution in [-0.4, -0.2) is 18.7 Å². The summed E-state index contributed by atoms with van der Waals surface area (Å²) in [7, 11) is -2.43. The van der Waals surface area contributed by atoms with E-state index >= 15 is 0 Å². The van der Waals surface area contributed by atoms with E-state index in [2.05, 4.69) is 0 Å². The van der Waals surface area contributed by atoms with Crippen molar-refractivity contribution >= 4 is 21.3 Å². The van der Waals surface area contributed by atoms with Crippen LogP contribution in [0.4, 0.5) is 5.69 Å². The third-order valence-electron chi connectivity index (χ3n) is 1.71. The number of nitrogens with zero attached hydrogens (tertiary/aromatic N) is 1. The maximum Gasteiger partial charge on any atom is 0.277 e. The van der Waals surface area contributed by atoms with Crippen molar-refractivity contribution < 1.29 is 13.3 Å². The van der Waals surface area contributed by atoms with Gasteiger partial charge in [0.05, 0.1) is 15.9 Å². The van der Waals surface area contributed by atoms with Crippen molar-refractivity contribution in [3.8, 4) is 0 Å². The summed E-state index contributed by atoms with van der Waals surface area (Å²) in [5, 5.41) is 11.4.